The van der Waals surface area contributed by atoms with E-state index < -0.39 is 0 Å². The van der Waals surface area contributed by atoms with Crippen LogP contribution in [0.3, 0.4) is 0 Å². The number of methoxy groups -OCH3 is 1. The molecule has 3 aromatic rings. The van der Waals surface area contributed by atoms with Crippen molar-refractivity contribution in [2.75, 3.05) is 20.3 Å². The molecule has 5 heteroatoms. The van der Waals surface area contributed by atoms with Crippen molar-refractivity contribution in [3.05, 3.63) is 64.5 Å². The highest BCUT2D eigenvalue weighted by atomic mass is 32.1. The van der Waals surface area contributed by atoms with Gasteiger partial charge in [0.25, 0.3) is 0 Å². The van der Waals surface area contributed by atoms with Gasteiger partial charge in [-0.05, 0) is 60.7 Å². The van der Waals surface area contributed by atoms with Gasteiger partial charge in [-0.1, -0.05) is 24.3 Å². The summed E-state index contributed by atoms with van der Waals surface area (Å²) in [5, 5.41) is 4.56. The molecule has 3 rings (SSSR count). The fourth-order valence-electron chi connectivity index (χ4n) is 2.74. The summed E-state index contributed by atoms with van der Waals surface area (Å²) in [4.78, 5) is 12.5. The summed E-state index contributed by atoms with van der Waals surface area (Å²) < 4.78 is 11.4. The van der Waals surface area contributed by atoms with Crippen molar-refractivity contribution in [1.29, 1.82) is 0 Å². The topological polar surface area (TPSA) is 47.6 Å². The zero-order chi connectivity index (χ0) is 18.4. The van der Waals surface area contributed by atoms with E-state index in [1.807, 2.05) is 25.1 Å². The second-order valence-corrected chi connectivity index (χ2v) is 7.06. The highest BCUT2D eigenvalue weighted by Gasteiger charge is 2.11. The minimum absolute atomic E-state index is 0.239. The van der Waals surface area contributed by atoms with Crippen LogP contribution in [0, 0.1) is 0 Å². The molecule has 0 aliphatic carbocycles. The summed E-state index contributed by atoms with van der Waals surface area (Å²) in [6.07, 6.45) is 0.943. The standard InChI is InChI=1S/C21H23NO3S/c1-3-25-21(23)20-13-17-7-4-15(12-19(17)26-20)10-11-22-14-16-5-8-18(24-2)9-6-16/h4-9,12-13,22H,3,10-11,14H2,1-2H3. The second kappa shape index (κ2) is 8.83. The van der Waals surface area contributed by atoms with Crippen LogP contribution >= 0.6 is 11.3 Å². The maximum atomic E-state index is 11.9. The zero-order valence-electron chi connectivity index (χ0n) is 15.1. The smallest absolute Gasteiger partial charge is 0.348 e. The molecule has 1 N–H and O–H groups in total. The third kappa shape index (κ3) is 4.62. The molecular weight excluding hydrogens is 346 g/mol. The van der Waals surface area contributed by atoms with Crippen LogP contribution in [0.5, 0.6) is 5.75 Å². The predicted octanol–water partition coefficient (Wildman–Crippen LogP) is 4.42. The first-order valence-electron chi connectivity index (χ1n) is 8.73. The molecule has 0 fully saturated rings. The number of hydrogen-bond donors (Lipinski definition) is 1. The molecule has 1 heterocycles. The molecule has 0 spiro atoms. The van der Waals surface area contributed by atoms with Crippen molar-refractivity contribution in [2.24, 2.45) is 0 Å². The van der Waals surface area contributed by atoms with Crippen LogP contribution in [0.25, 0.3) is 10.1 Å². The van der Waals surface area contributed by atoms with Gasteiger partial charge >= 0.3 is 5.97 Å². The number of esters is 1. The summed E-state index contributed by atoms with van der Waals surface area (Å²) in [7, 11) is 1.67. The Labute approximate surface area is 157 Å². The SMILES string of the molecule is CCOC(=O)c1cc2ccc(CCNCc3ccc(OC)cc3)cc2s1. The first-order valence-corrected chi connectivity index (χ1v) is 9.54. The summed E-state index contributed by atoms with van der Waals surface area (Å²) in [6, 6.07) is 16.4. The Kier molecular flexibility index (Phi) is 6.26. The van der Waals surface area contributed by atoms with E-state index in [1.54, 1.807) is 7.11 Å². The third-order valence-electron chi connectivity index (χ3n) is 4.14. The van der Waals surface area contributed by atoms with Crippen molar-refractivity contribution in [1.82, 2.24) is 5.32 Å². The molecule has 2 aromatic carbocycles. The van der Waals surface area contributed by atoms with Gasteiger partial charge in [0.15, 0.2) is 0 Å². The number of carbonyl (C=O) groups excluding carboxylic acids is 1. The number of carbonyl (C=O) groups is 1. The van der Waals surface area contributed by atoms with E-state index in [0.29, 0.717) is 11.5 Å². The molecular formula is C21H23NO3S. The lowest BCUT2D eigenvalue weighted by Gasteiger charge is -2.06. The summed E-state index contributed by atoms with van der Waals surface area (Å²) in [6.45, 7) is 3.95. The molecule has 136 valence electrons. The average Bonchev–Trinajstić information content (AvgIpc) is 3.09. The predicted molar refractivity (Wildman–Crippen MR) is 106 cm³/mol. The van der Waals surface area contributed by atoms with E-state index >= 15 is 0 Å². The first-order chi connectivity index (χ1) is 12.7. The maximum Gasteiger partial charge on any atom is 0.348 e. The lowest BCUT2D eigenvalue weighted by atomic mass is 10.1. The van der Waals surface area contributed by atoms with Crippen LogP contribution in [0.15, 0.2) is 48.5 Å². The fraction of sp³-hybridized carbons (Fsp3) is 0.286. The van der Waals surface area contributed by atoms with Gasteiger partial charge in [-0.25, -0.2) is 4.79 Å². The Bertz CT molecular complexity index is 871. The minimum Gasteiger partial charge on any atom is -0.497 e. The van der Waals surface area contributed by atoms with Gasteiger partial charge < -0.3 is 14.8 Å². The van der Waals surface area contributed by atoms with E-state index in [9.17, 15) is 4.79 Å². The van der Waals surface area contributed by atoms with Gasteiger partial charge in [0, 0.05) is 11.2 Å². The minimum atomic E-state index is -0.239. The van der Waals surface area contributed by atoms with Gasteiger partial charge in [-0.2, -0.15) is 0 Å². The molecule has 4 nitrogen and oxygen atoms in total. The van der Waals surface area contributed by atoms with Gasteiger partial charge in [0.1, 0.15) is 10.6 Å². The number of benzene rings is 2. The molecule has 0 aliphatic rings. The van der Waals surface area contributed by atoms with Gasteiger partial charge in [-0.15, -0.1) is 11.3 Å². The zero-order valence-corrected chi connectivity index (χ0v) is 15.9. The first kappa shape index (κ1) is 18.4. The normalized spacial score (nSPS) is 10.8. The molecule has 0 radical (unpaired) electrons. The van der Waals surface area contributed by atoms with Crippen molar-refractivity contribution in [3.8, 4) is 5.75 Å². The number of fused-ring (bicyclic) bond motifs is 1. The monoisotopic (exact) mass is 369 g/mol. The van der Waals surface area contributed by atoms with E-state index in [2.05, 4.69) is 35.6 Å². The van der Waals surface area contributed by atoms with E-state index in [4.69, 9.17) is 9.47 Å². The lowest BCUT2D eigenvalue weighted by molar-refractivity contribution is 0.0532. The van der Waals surface area contributed by atoms with Crippen molar-refractivity contribution >= 4 is 27.4 Å². The fourth-order valence-corrected chi connectivity index (χ4v) is 3.76. The second-order valence-electron chi connectivity index (χ2n) is 5.98. The molecule has 0 saturated carbocycles. The Morgan fingerprint density at radius 2 is 1.85 bits per heavy atom. The Hall–Kier alpha value is -2.37. The van der Waals surface area contributed by atoms with Crippen molar-refractivity contribution in [2.45, 2.75) is 19.9 Å². The number of rotatable bonds is 8. The van der Waals surface area contributed by atoms with Crippen LogP contribution in [0.2, 0.25) is 0 Å². The average molecular weight is 369 g/mol. The molecule has 26 heavy (non-hydrogen) atoms. The van der Waals surface area contributed by atoms with Crippen LogP contribution in [-0.4, -0.2) is 26.2 Å². The summed E-state index contributed by atoms with van der Waals surface area (Å²) >= 11 is 1.49. The Balaban J connectivity index is 1.54. The van der Waals surface area contributed by atoms with Gasteiger partial charge in [0.2, 0.25) is 0 Å². The van der Waals surface area contributed by atoms with Crippen molar-refractivity contribution in [3.63, 3.8) is 0 Å². The molecule has 1 aromatic heterocycles. The third-order valence-corrected chi connectivity index (χ3v) is 5.22. The molecule has 0 bridgehead atoms. The molecule has 0 aliphatic heterocycles. The Morgan fingerprint density at radius 3 is 2.58 bits per heavy atom. The number of thiophene rings is 1. The molecule has 0 atom stereocenters. The Morgan fingerprint density at radius 1 is 1.08 bits per heavy atom. The van der Waals surface area contributed by atoms with Gasteiger partial charge in [0.05, 0.1) is 13.7 Å². The van der Waals surface area contributed by atoms with E-state index in [1.165, 1.54) is 22.5 Å². The highest BCUT2D eigenvalue weighted by Crippen LogP contribution is 2.27. The quantitative estimate of drug-likeness (QED) is 0.472. The van der Waals surface area contributed by atoms with E-state index in [-0.39, 0.29) is 5.97 Å². The number of nitrogens with one attached hydrogen (secondary N) is 1. The lowest BCUT2D eigenvalue weighted by Crippen LogP contribution is -2.16. The highest BCUT2D eigenvalue weighted by molar-refractivity contribution is 7.20. The van der Waals surface area contributed by atoms with Crippen LogP contribution in [0.4, 0.5) is 0 Å². The number of hydrogen-bond acceptors (Lipinski definition) is 5. The van der Waals surface area contributed by atoms with Crippen LogP contribution < -0.4 is 10.1 Å². The van der Waals surface area contributed by atoms with Crippen LogP contribution in [0.1, 0.15) is 27.7 Å². The maximum absolute atomic E-state index is 11.9. The van der Waals surface area contributed by atoms with Gasteiger partial charge in [-0.3, -0.25) is 0 Å². The largest absolute Gasteiger partial charge is 0.497 e. The summed E-state index contributed by atoms with van der Waals surface area (Å²) in [5.41, 5.74) is 2.50. The van der Waals surface area contributed by atoms with Crippen molar-refractivity contribution < 1.29 is 14.3 Å². The molecule has 0 amide bonds. The summed E-state index contributed by atoms with van der Waals surface area (Å²) in [5.74, 6) is 0.636. The molecule has 0 saturated heterocycles. The molecule has 0 unspecified atom stereocenters. The number of ether oxygens (including phenoxy) is 2. The van der Waals surface area contributed by atoms with E-state index in [0.717, 1.165) is 35.3 Å². The van der Waals surface area contributed by atoms with Crippen LogP contribution in [-0.2, 0) is 17.7 Å².